The lowest BCUT2D eigenvalue weighted by atomic mass is 10.2. The maximum atomic E-state index is 12.1. The van der Waals surface area contributed by atoms with Gasteiger partial charge in [-0.2, -0.15) is 5.26 Å². The first-order valence-corrected chi connectivity index (χ1v) is 6.94. The van der Waals surface area contributed by atoms with Gasteiger partial charge in [0.1, 0.15) is 16.4 Å². The summed E-state index contributed by atoms with van der Waals surface area (Å²) in [5, 5.41) is 8.48. The zero-order valence-electron chi connectivity index (χ0n) is 10.6. The van der Waals surface area contributed by atoms with Crippen molar-refractivity contribution in [2.24, 2.45) is 0 Å². The van der Waals surface area contributed by atoms with Gasteiger partial charge in [-0.25, -0.2) is 8.42 Å². The van der Waals surface area contributed by atoms with Crippen molar-refractivity contribution in [1.82, 2.24) is 0 Å². The Kier molecular flexibility index (Phi) is 4.56. The lowest BCUT2D eigenvalue weighted by molar-refractivity contribution is 0.390. The number of nitrogens with zero attached hydrogens (tertiary/aromatic N) is 1. The molecule has 0 aromatic heterocycles. The molecule has 6 heteroatoms. The number of sulfone groups is 1. The zero-order chi connectivity index (χ0) is 13.8. The van der Waals surface area contributed by atoms with E-state index in [0.717, 1.165) is 5.56 Å². The van der Waals surface area contributed by atoms with E-state index in [-0.39, 0.29) is 22.8 Å². The van der Waals surface area contributed by atoms with E-state index in [2.05, 4.69) is 0 Å². The standard InChI is InChI=1S/C12H15NO4S/c1-9-7-11(17-3)12(8-10(9)16-2)18(14,15)6-4-5-13/h7-8H,4,6H2,1-3H3. The number of rotatable bonds is 5. The van der Waals surface area contributed by atoms with Gasteiger partial charge in [0.05, 0.1) is 26.0 Å². The molecule has 0 radical (unpaired) electrons. The summed E-state index contributed by atoms with van der Waals surface area (Å²) in [4.78, 5) is 0.0581. The Morgan fingerprint density at radius 2 is 1.83 bits per heavy atom. The summed E-state index contributed by atoms with van der Waals surface area (Å²) in [6, 6.07) is 4.86. The zero-order valence-corrected chi connectivity index (χ0v) is 11.4. The van der Waals surface area contributed by atoms with E-state index in [1.54, 1.807) is 13.0 Å². The molecule has 0 spiro atoms. The Hall–Kier alpha value is -1.74. The molecule has 0 aliphatic heterocycles. The van der Waals surface area contributed by atoms with Crippen LogP contribution in [0.4, 0.5) is 0 Å². The first-order valence-electron chi connectivity index (χ1n) is 5.28. The molecule has 0 saturated heterocycles. The molecule has 1 aromatic rings. The Morgan fingerprint density at radius 1 is 1.22 bits per heavy atom. The Morgan fingerprint density at radius 3 is 2.33 bits per heavy atom. The fraction of sp³-hybridized carbons (Fsp3) is 0.417. The smallest absolute Gasteiger partial charge is 0.183 e. The molecule has 98 valence electrons. The van der Waals surface area contributed by atoms with E-state index >= 15 is 0 Å². The van der Waals surface area contributed by atoms with Crippen LogP contribution in [0.2, 0.25) is 0 Å². The first kappa shape index (κ1) is 14.3. The van der Waals surface area contributed by atoms with Gasteiger partial charge in [-0.3, -0.25) is 0 Å². The van der Waals surface area contributed by atoms with E-state index in [1.807, 2.05) is 6.07 Å². The Balaban J connectivity index is 3.35. The van der Waals surface area contributed by atoms with Gasteiger partial charge in [0, 0.05) is 12.5 Å². The Bertz CT molecular complexity index is 572. The van der Waals surface area contributed by atoms with Gasteiger partial charge < -0.3 is 9.47 Å². The van der Waals surface area contributed by atoms with Crippen LogP contribution in [0.25, 0.3) is 0 Å². The van der Waals surface area contributed by atoms with Crippen LogP contribution in [-0.2, 0) is 9.84 Å². The summed E-state index contributed by atoms with van der Waals surface area (Å²) in [7, 11) is -0.662. The van der Waals surface area contributed by atoms with Crippen LogP contribution >= 0.6 is 0 Å². The topological polar surface area (TPSA) is 76.4 Å². The molecule has 0 aliphatic rings. The second kappa shape index (κ2) is 5.74. The van der Waals surface area contributed by atoms with Gasteiger partial charge in [0.25, 0.3) is 0 Å². The normalized spacial score (nSPS) is 10.8. The molecule has 0 bridgehead atoms. The summed E-state index contributed by atoms with van der Waals surface area (Å²) in [5.74, 6) is 0.518. The van der Waals surface area contributed by atoms with Crippen molar-refractivity contribution in [3.8, 4) is 17.6 Å². The van der Waals surface area contributed by atoms with Crippen molar-refractivity contribution in [2.75, 3.05) is 20.0 Å². The van der Waals surface area contributed by atoms with E-state index in [1.165, 1.54) is 20.3 Å². The predicted octanol–water partition coefficient (Wildman–Crippen LogP) is 1.70. The highest BCUT2D eigenvalue weighted by atomic mass is 32.2. The average Bonchev–Trinajstić information content (AvgIpc) is 2.35. The molecular formula is C12H15NO4S. The van der Waals surface area contributed by atoms with Crippen molar-refractivity contribution < 1.29 is 17.9 Å². The monoisotopic (exact) mass is 269 g/mol. The number of methoxy groups -OCH3 is 2. The van der Waals surface area contributed by atoms with Gasteiger partial charge in [-0.05, 0) is 18.6 Å². The molecule has 0 heterocycles. The average molecular weight is 269 g/mol. The fourth-order valence-electron chi connectivity index (χ4n) is 1.56. The second-order valence-corrected chi connectivity index (χ2v) is 5.78. The lowest BCUT2D eigenvalue weighted by Crippen LogP contribution is -2.09. The minimum Gasteiger partial charge on any atom is -0.496 e. The van der Waals surface area contributed by atoms with Crippen LogP contribution in [0.15, 0.2) is 17.0 Å². The van der Waals surface area contributed by atoms with E-state index < -0.39 is 9.84 Å². The molecule has 0 atom stereocenters. The molecule has 18 heavy (non-hydrogen) atoms. The number of nitriles is 1. The second-order valence-electron chi connectivity index (χ2n) is 3.70. The molecule has 0 aliphatic carbocycles. The molecule has 1 rings (SSSR count). The minimum atomic E-state index is -3.54. The largest absolute Gasteiger partial charge is 0.496 e. The summed E-state index contributed by atoms with van der Waals surface area (Å²) in [6.07, 6.45) is -0.0539. The molecular weight excluding hydrogens is 254 g/mol. The van der Waals surface area contributed by atoms with Gasteiger partial charge in [0.2, 0.25) is 0 Å². The highest BCUT2D eigenvalue weighted by Crippen LogP contribution is 2.32. The van der Waals surface area contributed by atoms with Crippen LogP contribution in [0.3, 0.4) is 0 Å². The molecule has 1 aromatic carbocycles. The Labute approximate surface area is 107 Å². The van der Waals surface area contributed by atoms with Crippen molar-refractivity contribution in [3.05, 3.63) is 17.7 Å². The highest BCUT2D eigenvalue weighted by Gasteiger charge is 2.21. The van der Waals surface area contributed by atoms with Crippen molar-refractivity contribution in [1.29, 1.82) is 5.26 Å². The fourth-order valence-corrected chi connectivity index (χ4v) is 2.87. The maximum absolute atomic E-state index is 12.1. The summed E-state index contributed by atoms with van der Waals surface area (Å²) < 4.78 is 34.3. The third-order valence-corrected chi connectivity index (χ3v) is 4.23. The molecule has 0 saturated carbocycles. The quantitative estimate of drug-likeness (QED) is 0.813. The molecule has 5 nitrogen and oxygen atoms in total. The van der Waals surface area contributed by atoms with E-state index in [4.69, 9.17) is 14.7 Å². The van der Waals surface area contributed by atoms with Crippen LogP contribution in [-0.4, -0.2) is 28.4 Å². The maximum Gasteiger partial charge on any atom is 0.183 e. The SMILES string of the molecule is COc1cc(S(=O)(=O)CCC#N)c(OC)cc1C. The number of aryl methyl sites for hydroxylation is 1. The van der Waals surface area contributed by atoms with Crippen LogP contribution in [0.5, 0.6) is 11.5 Å². The van der Waals surface area contributed by atoms with Crippen LogP contribution < -0.4 is 9.47 Å². The molecule has 0 unspecified atom stereocenters. The lowest BCUT2D eigenvalue weighted by Gasteiger charge is -2.12. The van der Waals surface area contributed by atoms with Crippen molar-refractivity contribution in [3.63, 3.8) is 0 Å². The number of ether oxygens (including phenoxy) is 2. The highest BCUT2D eigenvalue weighted by molar-refractivity contribution is 7.91. The summed E-state index contributed by atoms with van der Waals surface area (Å²) in [6.45, 7) is 1.80. The van der Waals surface area contributed by atoms with Crippen molar-refractivity contribution in [2.45, 2.75) is 18.2 Å². The number of benzene rings is 1. The first-order chi connectivity index (χ1) is 8.46. The molecule has 0 fully saturated rings. The summed E-state index contributed by atoms with van der Waals surface area (Å²) in [5.41, 5.74) is 0.786. The minimum absolute atomic E-state index is 0.0539. The summed E-state index contributed by atoms with van der Waals surface area (Å²) >= 11 is 0. The van der Waals surface area contributed by atoms with E-state index in [0.29, 0.717) is 5.75 Å². The van der Waals surface area contributed by atoms with Gasteiger partial charge >= 0.3 is 0 Å². The van der Waals surface area contributed by atoms with Crippen LogP contribution in [0.1, 0.15) is 12.0 Å². The molecule has 0 amide bonds. The predicted molar refractivity (Wildman–Crippen MR) is 66.6 cm³/mol. The number of hydrogen-bond acceptors (Lipinski definition) is 5. The van der Waals surface area contributed by atoms with Crippen LogP contribution in [0, 0.1) is 18.3 Å². The van der Waals surface area contributed by atoms with Crippen molar-refractivity contribution >= 4 is 9.84 Å². The molecule has 0 N–H and O–H groups in total. The third-order valence-electron chi connectivity index (χ3n) is 2.50. The third kappa shape index (κ3) is 2.93. The van der Waals surface area contributed by atoms with Gasteiger partial charge in [-0.1, -0.05) is 0 Å². The van der Waals surface area contributed by atoms with E-state index in [9.17, 15) is 8.42 Å². The number of hydrogen-bond donors (Lipinski definition) is 0. The van der Waals surface area contributed by atoms with Gasteiger partial charge in [0.15, 0.2) is 9.84 Å². The van der Waals surface area contributed by atoms with Gasteiger partial charge in [-0.15, -0.1) is 0 Å².